The molecule has 2 aromatic rings. The summed E-state index contributed by atoms with van der Waals surface area (Å²) in [6, 6.07) is 12.8. The predicted octanol–water partition coefficient (Wildman–Crippen LogP) is 3.55. The minimum absolute atomic E-state index is 0.135. The lowest BCUT2D eigenvalue weighted by molar-refractivity contribution is 0.112. The van der Waals surface area contributed by atoms with Crippen LogP contribution >= 0.6 is 15.9 Å². The first kappa shape index (κ1) is 12.6. The van der Waals surface area contributed by atoms with Crippen LogP contribution in [-0.4, -0.2) is 11.4 Å². The van der Waals surface area contributed by atoms with Gasteiger partial charge in [-0.05, 0) is 17.7 Å². The highest BCUT2D eigenvalue weighted by Crippen LogP contribution is 2.33. The van der Waals surface area contributed by atoms with Gasteiger partial charge in [0.05, 0.1) is 5.56 Å². The monoisotopic (exact) mass is 306 g/mol. The van der Waals surface area contributed by atoms with Crippen LogP contribution in [0.3, 0.4) is 0 Å². The van der Waals surface area contributed by atoms with Crippen LogP contribution in [0, 0.1) is 0 Å². The minimum Gasteiger partial charge on any atom is -0.504 e. The molecule has 3 nitrogen and oxygen atoms in total. The van der Waals surface area contributed by atoms with E-state index < -0.39 is 0 Å². The molecule has 0 spiro atoms. The number of phenols is 1. The van der Waals surface area contributed by atoms with E-state index in [9.17, 15) is 9.90 Å². The van der Waals surface area contributed by atoms with Crippen LogP contribution in [0.25, 0.3) is 0 Å². The van der Waals surface area contributed by atoms with Crippen LogP contribution in [-0.2, 0) is 6.61 Å². The average Bonchev–Trinajstić information content (AvgIpc) is 2.40. The summed E-state index contributed by atoms with van der Waals surface area (Å²) in [6.45, 7) is 0.336. The summed E-state index contributed by atoms with van der Waals surface area (Å²) in [4.78, 5) is 10.8. The second kappa shape index (κ2) is 5.69. The van der Waals surface area contributed by atoms with Gasteiger partial charge in [-0.1, -0.05) is 46.3 Å². The SMILES string of the molecule is O=Cc1cc(Br)cc(OCc2ccccc2)c1O. The maximum absolute atomic E-state index is 10.8. The van der Waals surface area contributed by atoms with Gasteiger partial charge in [-0.15, -0.1) is 0 Å². The standard InChI is InChI=1S/C14H11BrO3/c15-12-6-11(8-16)14(17)13(7-12)18-9-10-4-2-1-3-5-10/h1-8,17H,9H2. The minimum atomic E-state index is -0.135. The zero-order valence-electron chi connectivity index (χ0n) is 9.47. The van der Waals surface area contributed by atoms with Crippen molar-refractivity contribution >= 4 is 22.2 Å². The Labute approximate surface area is 113 Å². The van der Waals surface area contributed by atoms with E-state index in [0.717, 1.165) is 5.56 Å². The third-order valence-corrected chi connectivity index (χ3v) is 2.89. The van der Waals surface area contributed by atoms with Gasteiger partial charge in [0, 0.05) is 4.47 Å². The Bertz CT molecular complexity index is 552. The van der Waals surface area contributed by atoms with Crippen LogP contribution in [0.5, 0.6) is 11.5 Å². The molecule has 4 heteroatoms. The van der Waals surface area contributed by atoms with Crippen LogP contribution in [0.4, 0.5) is 0 Å². The number of hydrogen-bond acceptors (Lipinski definition) is 3. The third kappa shape index (κ3) is 2.90. The molecule has 0 heterocycles. The Morgan fingerprint density at radius 1 is 1.22 bits per heavy atom. The highest BCUT2D eigenvalue weighted by molar-refractivity contribution is 9.10. The number of carbonyl (C=O) groups excluding carboxylic acids is 1. The van der Waals surface area contributed by atoms with Crippen LogP contribution in [0.15, 0.2) is 46.9 Å². The molecule has 2 aromatic carbocycles. The molecular formula is C14H11BrO3. The van der Waals surface area contributed by atoms with Gasteiger partial charge in [0.15, 0.2) is 17.8 Å². The molecule has 0 saturated heterocycles. The third-order valence-electron chi connectivity index (χ3n) is 2.43. The zero-order chi connectivity index (χ0) is 13.0. The number of aldehydes is 1. The fourth-order valence-electron chi connectivity index (χ4n) is 1.53. The van der Waals surface area contributed by atoms with E-state index in [4.69, 9.17) is 4.74 Å². The lowest BCUT2D eigenvalue weighted by atomic mass is 10.2. The Morgan fingerprint density at radius 3 is 2.61 bits per heavy atom. The van der Waals surface area contributed by atoms with E-state index in [-0.39, 0.29) is 17.1 Å². The fourth-order valence-corrected chi connectivity index (χ4v) is 1.98. The highest BCUT2D eigenvalue weighted by Gasteiger charge is 2.10. The summed E-state index contributed by atoms with van der Waals surface area (Å²) in [5, 5.41) is 9.81. The molecule has 0 aliphatic carbocycles. The zero-order valence-corrected chi connectivity index (χ0v) is 11.1. The normalized spacial score (nSPS) is 10.1. The molecule has 2 rings (SSSR count). The highest BCUT2D eigenvalue weighted by atomic mass is 79.9. The number of halogens is 1. The van der Waals surface area contributed by atoms with E-state index in [1.807, 2.05) is 30.3 Å². The van der Waals surface area contributed by atoms with E-state index in [2.05, 4.69) is 15.9 Å². The number of aromatic hydroxyl groups is 1. The average molecular weight is 307 g/mol. The summed E-state index contributed by atoms with van der Waals surface area (Å²) < 4.78 is 6.19. The predicted molar refractivity (Wildman–Crippen MR) is 72.0 cm³/mol. The molecule has 0 aliphatic rings. The molecule has 0 unspecified atom stereocenters. The molecule has 0 aliphatic heterocycles. The van der Waals surface area contributed by atoms with Gasteiger partial charge in [-0.2, -0.15) is 0 Å². The molecule has 0 atom stereocenters. The quantitative estimate of drug-likeness (QED) is 0.879. The Balaban J connectivity index is 2.19. The van der Waals surface area contributed by atoms with Gasteiger partial charge < -0.3 is 9.84 Å². The van der Waals surface area contributed by atoms with Gasteiger partial charge in [0.2, 0.25) is 0 Å². The molecule has 0 radical (unpaired) electrons. The van der Waals surface area contributed by atoms with Crippen molar-refractivity contribution in [2.24, 2.45) is 0 Å². The number of phenolic OH excluding ortho intramolecular Hbond substituents is 1. The number of carbonyl (C=O) groups is 1. The second-order valence-electron chi connectivity index (χ2n) is 3.73. The van der Waals surface area contributed by atoms with E-state index in [0.29, 0.717) is 17.4 Å². The fraction of sp³-hybridized carbons (Fsp3) is 0.0714. The number of ether oxygens (including phenoxy) is 1. The van der Waals surface area contributed by atoms with Crippen LogP contribution in [0.1, 0.15) is 15.9 Å². The Morgan fingerprint density at radius 2 is 1.94 bits per heavy atom. The lowest BCUT2D eigenvalue weighted by Crippen LogP contribution is -1.96. The van der Waals surface area contributed by atoms with E-state index >= 15 is 0 Å². The first-order chi connectivity index (χ1) is 8.70. The summed E-state index contributed by atoms with van der Waals surface area (Å²) in [7, 11) is 0. The molecule has 18 heavy (non-hydrogen) atoms. The maximum atomic E-state index is 10.8. The molecule has 92 valence electrons. The van der Waals surface area contributed by atoms with Gasteiger partial charge in [0.25, 0.3) is 0 Å². The van der Waals surface area contributed by atoms with Gasteiger partial charge in [-0.3, -0.25) is 4.79 Å². The largest absolute Gasteiger partial charge is 0.504 e. The summed E-state index contributed by atoms with van der Waals surface area (Å²) in [5.74, 6) is 0.152. The van der Waals surface area contributed by atoms with E-state index in [1.165, 1.54) is 6.07 Å². The molecule has 1 N–H and O–H groups in total. The lowest BCUT2D eigenvalue weighted by Gasteiger charge is -2.10. The maximum Gasteiger partial charge on any atom is 0.168 e. The van der Waals surface area contributed by atoms with Crippen molar-refractivity contribution in [2.75, 3.05) is 0 Å². The number of hydrogen-bond donors (Lipinski definition) is 1. The first-order valence-electron chi connectivity index (χ1n) is 5.35. The molecule has 0 amide bonds. The van der Waals surface area contributed by atoms with Crippen LogP contribution in [0.2, 0.25) is 0 Å². The smallest absolute Gasteiger partial charge is 0.168 e. The van der Waals surface area contributed by atoms with Crippen molar-refractivity contribution in [3.63, 3.8) is 0 Å². The second-order valence-corrected chi connectivity index (χ2v) is 4.65. The van der Waals surface area contributed by atoms with Crippen molar-refractivity contribution < 1.29 is 14.6 Å². The topological polar surface area (TPSA) is 46.5 Å². The summed E-state index contributed by atoms with van der Waals surface area (Å²) in [5.41, 5.74) is 1.19. The molecular weight excluding hydrogens is 296 g/mol. The van der Waals surface area contributed by atoms with Crippen molar-refractivity contribution in [3.05, 3.63) is 58.1 Å². The molecule has 0 bridgehead atoms. The van der Waals surface area contributed by atoms with Crippen molar-refractivity contribution in [1.82, 2.24) is 0 Å². The van der Waals surface area contributed by atoms with Gasteiger partial charge in [-0.25, -0.2) is 0 Å². The van der Waals surface area contributed by atoms with Gasteiger partial charge >= 0.3 is 0 Å². The summed E-state index contributed by atoms with van der Waals surface area (Å²) in [6.07, 6.45) is 0.593. The van der Waals surface area contributed by atoms with Crippen molar-refractivity contribution in [2.45, 2.75) is 6.61 Å². The van der Waals surface area contributed by atoms with Crippen molar-refractivity contribution in [3.8, 4) is 11.5 Å². The first-order valence-corrected chi connectivity index (χ1v) is 6.14. The number of rotatable bonds is 4. The Hall–Kier alpha value is -1.81. The molecule has 0 fully saturated rings. The molecule has 0 saturated carbocycles. The van der Waals surface area contributed by atoms with Crippen molar-refractivity contribution in [1.29, 1.82) is 0 Å². The van der Waals surface area contributed by atoms with Crippen LogP contribution < -0.4 is 4.74 Å². The number of benzene rings is 2. The molecule has 0 aromatic heterocycles. The van der Waals surface area contributed by atoms with E-state index in [1.54, 1.807) is 6.07 Å². The van der Waals surface area contributed by atoms with Gasteiger partial charge in [0.1, 0.15) is 6.61 Å². The summed E-state index contributed by atoms with van der Waals surface area (Å²) >= 11 is 3.26. The Kier molecular flexibility index (Phi) is 3.99.